The van der Waals surface area contributed by atoms with E-state index >= 15 is 0 Å². The van der Waals surface area contributed by atoms with Crippen molar-refractivity contribution in [3.63, 3.8) is 0 Å². The van der Waals surface area contributed by atoms with Crippen molar-refractivity contribution in [1.29, 1.82) is 5.26 Å². The molecule has 3 aromatic rings. The summed E-state index contributed by atoms with van der Waals surface area (Å²) >= 11 is 0. The number of hydrogen-bond donors (Lipinski definition) is 1. The number of allylic oxidation sites excluding steroid dienone is 1. The van der Waals surface area contributed by atoms with Crippen molar-refractivity contribution in [2.45, 2.75) is 38.6 Å². The third-order valence-corrected chi connectivity index (χ3v) is 8.26. The van der Waals surface area contributed by atoms with E-state index in [-0.39, 0.29) is 17.6 Å². The van der Waals surface area contributed by atoms with Gasteiger partial charge in [-0.15, -0.1) is 0 Å². The van der Waals surface area contributed by atoms with Gasteiger partial charge in [0, 0.05) is 49.5 Å². The lowest BCUT2D eigenvalue weighted by Gasteiger charge is -2.36. The molecule has 3 aromatic carbocycles. The minimum Gasteiger partial charge on any atom is -0.489 e. The number of nitrogens with zero attached hydrogens (tertiary/aromatic N) is 4. The molecule has 8 nitrogen and oxygen atoms in total. The number of halogens is 1. The summed E-state index contributed by atoms with van der Waals surface area (Å²) in [5.41, 5.74) is 5.17. The van der Waals surface area contributed by atoms with Crippen molar-refractivity contribution in [3.05, 3.63) is 107 Å². The zero-order valence-corrected chi connectivity index (χ0v) is 23.3. The van der Waals surface area contributed by atoms with E-state index in [0.717, 1.165) is 43.9 Å². The van der Waals surface area contributed by atoms with Crippen LogP contribution >= 0.6 is 0 Å². The Morgan fingerprint density at radius 1 is 1.02 bits per heavy atom. The van der Waals surface area contributed by atoms with Gasteiger partial charge in [-0.2, -0.15) is 5.26 Å². The highest BCUT2D eigenvalue weighted by Gasteiger charge is 2.39. The SMILES string of the molecule is C=C1CCC(N2Cc3c(OCc4ccc(CN5CCN(c6ccc(C#N)cc6F)CC5)cc4)cccc3C2=O)C(=O)N1. The third-order valence-electron chi connectivity index (χ3n) is 8.26. The van der Waals surface area contributed by atoms with Gasteiger partial charge < -0.3 is 19.9 Å². The topological polar surface area (TPSA) is 88.9 Å². The number of benzene rings is 3. The van der Waals surface area contributed by atoms with Gasteiger partial charge in [-0.3, -0.25) is 14.5 Å². The first-order chi connectivity index (χ1) is 20.4. The molecule has 0 radical (unpaired) electrons. The van der Waals surface area contributed by atoms with E-state index in [1.54, 1.807) is 23.1 Å². The molecule has 2 saturated heterocycles. The minimum absolute atomic E-state index is 0.143. The number of piperidine rings is 1. The van der Waals surface area contributed by atoms with Gasteiger partial charge in [-0.25, -0.2) is 4.39 Å². The second kappa shape index (κ2) is 11.7. The molecule has 1 atom stereocenters. The van der Waals surface area contributed by atoms with Gasteiger partial charge in [0.2, 0.25) is 5.91 Å². The summed E-state index contributed by atoms with van der Waals surface area (Å²) in [5.74, 6) is -0.0232. The monoisotopic (exact) mass is 565 g/mol. The number of anilines is 1. The van der Waals surface area contributed by atoms with Gasteiger partial charge in [-0.1, -0.05) is 36.9 Å². The predicted octanol–water partition coefficient (Wildman–Crippen LogP) is 4.35. The number of rotatable bonds is 7. The number of carbonyl (C=O) groups is 2. The predicted molar refractivity (Wildman–Crippen MR) is 156 cm³/mol. The molecule has 2 amide bonds. The molecule has 0 bridgehead atoms. The number of piperazine rings is 1. The summed E-state index contributed by atoms with van der Waals surface area (Å²) in [4.78, 5) is 31.6. The molecule has 1 unspecified atom stereocenters. The van der Waals surface area contributed by atoms with Crippen LogP contribution in [-0.2, 0) is 24.5 Å². The van der Waals surface area contributed by atoms with Gasteiger partial charge in [0.15, 0.2) is 0 Å². The van der Waals surface area contributed by atoms with Crippen LogP contribution in [-0.4, -0.2) is 53.8 Å². The van der Waals surface area contributed by atoms with Gasteiger partial charge >= 0.3 is 0 Å². The van der Waals surface area contributed by atoms with Crippen LogP contribution < -0.4 is 15.0 Å². The summed E-state index contributed by atoms with van der Waals surface area (Å²) in [5, 5.41) is 11.7. The fraction of sp³-hybridized carbons (Fsp3) is 0.303. The van der Waals surface area contributed by atoms with Crippen molar-refractivity contribution in [3.8, 4) is 11.8 Å². The summed E-state index contributed by atoms with van der Waals surface area (Å²) in [7, 11) is 0. The zero-order chi connectivity index (χ0) is 29.2. The molecule has 6 rings (SSSR count). The van der Waals surface area contributed by atoms with Crippen LogP contribution in [0.5, 0.6) is 5.75 Å². The summed E-state index contributed by atoms with van der Waals surface area (Å²) in [6.45, 7) is 8.41. The maximum Gasteiger partial charge on any atom is 0.255 e. The second-order valence-corrected chi connectivity index (χ2v) is 11.0. The number of amides is 2. The molecule has 3 aliphatic heterocycles. The Morgan fingerprint density at radius 3 is 2.50 bits per heavy atom. The molecular weight excluding hydrogens is 533 g/mol. The molecule has 3 aliphatic rings. The van der Waals surface area contributed by atoms with E-state index in [1.807, 2.05) is 23.1 Å². The molecule has 0 saturated carbocycles. The lowest BCUT2D eigenvalue weighted by molar-refractivity contribution is -0.126. The summed E-state index contributed by atoms with van der Waals surface area (Å²) in [6, 6.07) is 19.9. The maximum atomic E-state index is 14.4. The van der Waals surface area contributed by atoms with Gasteiger partial charge in [0.1, 0.15) is 24.2 Å². The number of nitrogens with one attached hydrogen (secondary N) is 1. The Labute approximate surface area is 244 Å². The van der Waals surface area contributed by atoms with E-state index in [9.17, 15) is 14.0 Å². The standard InChI is InChI=1S/C33H32FN5O3/c1-22-5-11-30(32(40)36-22)39-20-27-26(33(39)41)3-2-4-31(27)42-21-24-8-6-23(7-9-24)19-37-13-15-38(16-14-37)29-12-10-25(18-35)17-28(29)34/h2-4,6-10,12,17,30H,1,5,11,13-16,19-21H2,(H,36,40). The quantitative estimate of drug-likeness (QED) is 0.459. The number of nitriles is 1. The summed E-state index contributed by atoms with van der Waals surface area (Å²) < 4.78 is 20.6. The van der Waals surface area contributed by atoms with Crippen LogP contribution in [0.4, 0.5) is 10.1 Å². The molecular formula is C33H32FN5O3. The van der Waals surface area contributed by atoms with E-state index in [1.165, 1.54) is 11.6 Å². The smallest absolute Gasteiger partial charge is 0.255 e. The Morgan fingerprint density at radius 2 is 1.79 bits per heavy atom. The molecule has 42 heavy (non-hydrogen) atoms. The first-order valence-electron chi connectivity index (χ1n) is 14.2. The van der Waals surface area contributed by atoms with Gasteiger partial charge in [-0.05, 0) is 54.3 Å². The lowest BCUT2D eigenvalue weighted by Crippen LogP contribution is -2.49. The van der Waals surface area contributed by atoms with Gasteiger partial charge in [0.05, 0.1) is 23.9 Å². The van der Waals surface area contributed by atoms with Crippen molar-refractivity contribution in [2.75, 3.05) is 31.1 Å². The minimum atomic E-state index is -0.504. The Kier molecular flexibility index (Phi) is 7.64. The fourth-order valence-electron chi connectivity index (χ4n) is 5.91. The van der Waals surface area contributed by atoms with Crippen molar-refractivity contribution in [1.82, 2.24) is 15.1 Å². The molecule has 0 aromatic heterocycles. The van der Waals surface area contributed by atoms with E-state index in [0.29, 0.717) is 54.3 Å². The van der Waals surface area contributed by atoms with Crippen molar-refractivity contribution >= 4 is 17.5 Å². The van der Waals surface area contributed by atoms with E-state index in [4.69, 9.17) is 10.00 Å². The number of carbonyl (C=O) groups excluding carboxylic acids is 2. The van der Waals surface area contributed by atoms with Crippen LogP contribution in [0.15, 0.2) is 72.9 Å². The Bertz CT molecular complexity index is 1570. The normalized spacial score (nSPS) is 19.0. The van der Waals surface area contributed by atoms with Crippen LogP contribution in [0.3, 0.4) is 0 Å². The Balaban J connectivity index is 1.02. The number of hydrogen-bond acceptors (Lipinski definition) is 6. The highest BCUT2D eigenvalue weighted by molar-refractivity contribution is 6.02. The molecule has 9 heteroatoms. The first kappa shape index (κ1) is 27.5. The molecule has 3 heterocycles. The van der Waals surface area contributed by atoms with E-state index < -0.39 is 6.04 Å². The van der Waals surface area contributed by atoms with Crippen LogP contribution in [0.1, 0.15) is 45.5 Å². The summed E-state index contributed by atoms with van der Waals surface area (Å²) in [6.07, 6.45) is 1.23. The van der Waals surface area contributed by atoms with Crippen LogP contribution in [0.2, 0.25) is 0 Å². The first-order valence-corrected chi connectivity index (χ1v) is 14.2. The highest BCUT2D eigenvalue weighted by Crippen LogP contribution is 2.34. The molecule has 1 N–H and O–H groups in total. The lowest BCUT2D eigenvalue weighted by atomic mass is 10.0. The zero-order valence-electron chi connectivity index (χ0n) is 23.3. The molecule has 0 aliphatic carbocycles. The Hall–Kier alpha value is -4.68. The molecule has 214 valence electrons. The highest BCUT2D eigenvalue weighted by atomic mass is 19.1. The maximum absolute atomic E-state index is 14.4. The second-order valence-electron chi connectivity index (χ2n) is 11.0. The number of fused-ring (bicyclic) bond motifs is 1. The van der Waals surface area contributed by atoms with Crippen molar-refractivity contribution < 1.29 is 18.7 Å². The van der Waals surface area contributed by atoms with Gasteiger partial charge in [0.25, 0.3) is 5.91 Å². The fourth-order valence-corrected chi connectivity index (χ4v) is 5.91. The molecule has 2 fully saturated rings. The molecule has 0 spiro atoms. The number of ether oxygens (including phenoxy) is 1. The average Bonchev–Trinajstić information content (AvgIpc) is 3.33. The van der Waals surface area contributed by atoms with Crippen LogP contribution in [0, 0.1) is 17.1 Å². The largest absolute Gasteiger partial charge is 0.489 e. The average molecular weight is 566 g/mol. The third kappa shape index (κ3) is 5.58. The van der Waals surface area contributed by atoms with Crippen LogP contribution in [0.25, 0.3) is 0 Å². The van der Waals surface area contributed by atoms with Crippen molar-refractivity contribution in [2.24, 2.45) is 0 Å². The van der Waals surface area contributed by atoms with E-state index in [2.05, 4.69) is 41.1 Å².